The van der Waals surface area contributed by atoms with E-state index in [2.05, 4.69) is 18.3 Å². The Hall–Kier alpha value is -2.48. The molecule has 0 spiro atoms. The number of carbonyl (C=O) groups excluding carboxylic acids is 1. The van der Waals surface area contributed by atoms with Gasteiger partial charge in [0.2, 0.25) is 0 Å². The minimum atomic E-state index is -0.494. The Kier molecular flexibility index (Phi) is 6.61. The van der Waals surface area contributed by atoms with Crippen LogP contribution in [0.3, 0.4) is 0 Å². The molecule has 1 aliphatic rings. The molecule has 0 fully saturated rings. The molecule has 0 amide bonds. The summed E-state index contributed by atoms with van der Waals surface area (Å²) in [7, 11) is 0. The van der Waals surface area contributed by atoms with Gasteiger partial charge < -0.3 is 5.32 Å². The van der Waals surface area contributed by atoms with Crippen molar-refractivity contribution in [3.05, 3.63) is 92.6 Å². The van der Waals surface area contributed by atoms with E-state index in [0.29, 0.717) is 21.7 Å². The van der Waals surface area contributed by atoms with Gasteiger partial charge in [-0.15, -0.1) is 11.8 Å². The normalized spacial score (nSPS) is 16.6. The van der Waals surface area contributed by atoms with Crippen LogP contribution in [0.1, 0.15) is 42.1 Å². The standard InChI is InChI=1S/C23H21ClN2OS/c1-3-13-28-23-18(14-25)21(17-11-7-8-12-19(17)24)20(15(2)26-23)22(27)16-9-5-4-6-10-16/h4-12,21,26H,3,13H2,1-2H3. The zero-order chi connectivity index (χ0) is 20.1. The molecule has 1 aliphatic heterocycles. The van der Waals surface area contributed by atoms with Gasteiger partial charge in [0.1, 0.15) is 0 Å². The molecule has 2 aromatic rings. The summed E-state index contributed by atoms with van der Waals surface area (Å²) in [5.41, 5.74) is 3.23. The lowest BCUT2D eigenvalue weighted by Gasteiger charge is -2.30. The highest BCUT2D eigenvalue weighted by atomic mass is 35.5. The first-order chi connectivity index (χ1) is 13.6. The average Bonchev–Trinajstić information content (AvgIpc) is 2.72. The number of ketones is 1. The molecule has 0 saturated carbocycles. The van der Waals surface area contributed by atoms with Crippen molar-refractivity contribution in [2.45, 2.75) is 26.2 Å². The monoisotopic (exact) mass is 408 g/mol. The molecule has 1 heterocycles. The lowest BCUT2D eigenvalue weighted by molar-refractivity contribution is 0.102. The number of halogens is 1. The SMILES string of the molecule is CCCSC1=C(C#N)C(c2ccccc2Cl)C(C(=O)c2ccccc2)=C(C)N1. The molecule has 0 bridgehead atoms. The highest BCUT2D eigenvalue weighted by Crippen LogP contribution is 2.43. The van der Waals surface area contributed by atoms with Crippen molar-refractivity contribution < 1.29 is 4.79 Å². The summed E-state index contributed by atoms with van der Waals surface area (Å²) in [5, 5.41) is 14.7. The van der Waals surface area contributed by atoms with Crippen LogP contribution >= 0.6 is 23.4 Å². The molecule has 142 valence electrons. The maximum absolute atomic E-state index is 13.4. The first kappa shape index (κ1) is 20.3. The minimum absolute atomic E-state index is 0.0946. The van der Waals surface area contributed by atoms with Crippen molar-refractivity contribution in [3.63, 3.8) is 0 Å². The Morgan fingerprint density at radius 3 is 2.50 bits per heavy atom. The number of thioether (sulfide) groups is 1. The van der Waals surface area contributed by atoms with Gasteiger partial charge in [-0.1, -0.05) is 67.1 Å². The predicted octanol–water partition coefficient (Wildman–Crippen LogP) is 6.06. The molecule has 0 saturated heterocycles. The van der Waals surface area contributed by atoms with E-state index in [1.807, 2.05) is 43.3 Å². The van der Waals surface area contributed by atoms with Gasteiger partial charge in [0, 0.05) is 21.9 Å². The molecule has 0 aliphatic carbocycles. The Bertz CT molecular complexity index is 989. The van der Waals surface area contributed by atoms with Crippen LogP contribution in [-0.2, 0) is 0 Å². The van der Waals surface area contributed by atoms with Crippen molar-refractivity contribution in [1.82, 2.24) is 5.32 Å². The summed E-state index contributed by atoms with van der Waals surface area (Å²) in [5.74, 6) is 0.299. The number of nitrogens with one attached hydrogen (secondary N) is 1. The van der Waals surface area contributed by atoms with E-state index in [9.17, 15) is 10.1 Å². The summed E-state index contributed by atoms with van der Waals surface area (Å²) in [6.45, 7) is 3.99. The summed E-state index contributed by atoms with van der Waals surface area (Å²) >= 11 is 8.11. The van der Waals surface area contributed by atoms with Gasteiger partial charge in [0.15, 0.2) is 5.78 Å². The Morgan fingerprint density at radius 1 is 1.18 bits per heavy atom. The fourth-order valence-corrected chi connectivity index (χ4v) is 4.49. The van der Waals surface area contributed by atoms with Gasteiger partial charge >= 0.3 is 0 Å². The number of hydrogen-bond donors (Lipinski definition) is 1. The molecule has 28 heavy (non-hydrogen) atoms. The molecule has 3 rings (SSSR count). The largest absolute Gasteiger partial charge is 0.353 e. The van der Waals surface area contributed by atoms with Crippen LogP contribution in [0.25, 0.3) is 0 Å². The number of allylic oxidation sites excluding steroid dienone is 3. The van der Waals surface area contributed by atoms with Gasteiger partial charge in [-0.05, 0) is 30.7 Å². The quantitative estimate of drug-likeness (QED) is 0.590. The molecule has 5 heteroatoms. The van der Waals surface area contributed by atoms with Gasteiger partial charge in [-0.3, -0.25) is 4.79 Å². The highest BCUT2D eigenvalue weighted by molar-refractivity contribution is 8.03. The van der Waals surface area contributed by atoms with Crippen LogP contribution in [0.2, 0.25) is 5.02 Å². The zero-order valence-electron chi connectivity index (χ0n) is 15.8. The minimum Gasteiger partial charge on any atom is -0.353 e. The molecule has 1 N–H and O–H groups in total. The molecule has 2 aromatic carbocycles. The van der Waals surface area contributed by atoms with Crippen LogP contribution in [-0.4, -0.2) is 11.5 Å². The van der Waals surface area contributed by atoms with Crippen molar-refractivity contribution in [2.24, 2.45) is 0 Å². The fourth-order valence-electron chi connectivity index (χ4n) is 3.30. The maximum Gasteiger partial charge on any atom is 0.191 e. The highest BCUT2D eigenvalue weighted by Gasteiger charge is 2.35. The van der Waals surface area contributed by atoms with Crippen LogP contribution < -0.4 is 5.32 Å². The van der Waals surface area contributed by atoms with Crippen LogP contribution in [0.4, 0.5) is 0 Å². The zero-order valence-corrected chi connectivity index (χ0v) is 17.4. The fraction of sp³-hybridized carbons (Fsp3) is 0.217. The summed E-state index contributed by atoms with van der Waals surface area (Å²) in [6.07, 6.45) is 0.990. The Balaban J connectivity index is 2.18. The second kappa shape index (κ2) is 9.14. The van der Waals surface area contributed by atoms with E-state index in [-0.39, 0.29) is 5.78 Å². The molecule has 3 nitrogen and oxygen atoms in total. The molecule has 0 aromatic heterocycles. The van der Waals surface area contributed by atoms with Crippen molar-refractivity contribution in [2.75, 3.05) is 5.75 Å². The number of carbonyl (C=O) groups is 1. The summed E-state index contributed by atoms with van der Waals surface area (Å²) < 4.78 is 0. The summed E-state index contributed by atoms with van der Waals surface area (Å²) in [4.78, 5) is 13.4. The number of nitrogens with zero attached hydrogens (tertiary/aromatic N) is 1. The van der Waals surface area contributed by atoms with E-state index in [4.69, 9.17) is 11.6 Å². The van der Waals surface area contributed by atoms with Crippen molar-refractivity contribution >= 4 is 29.1 Å². The number of benzene rings is 2. The first-order valence-corrected chi connectivity index (χ1v) is 10.5. The second-order valence-electron chi connectivity index (χ2n) is 6.52. The molecular weight excluding hydrogens is 388 g/mol. The second-order valence-corrected chi connectivity index (χ2v) is 8.03. The third-order valence-corrected chi connectivity index (χ3v) is 6.16. The lowest BCUT2D eigenvalue weighted by Crippen LogP contribution is -2.28. The summed E-state index contributed by atoms with van der Waals surface area (Å²) in [6, 6.07) is 18.9. The number of rotatable bonds is 6. The van der Waals surface area contributed by atoms with Gasteiger partial charge in [-0.2, -0.15) is 5.26 Å². The van der Waals surface area contributed by atoms with E-state index in [0.717, 1.165) is 28.5 Å². The topological polar surface area (TPSA) is 52.9 Å². The number of Topliss-reactive ketones (excluding diaryl/α,β-unsaturated/α-hetero) is 1. The number of hydrogen-bond acceptors (Lipinski definition) is 4. The first-order valence-electron chi connectivity index (χ1n) is 9.17. The maximum atomic E-state index is 13.4. The Morgan fingerprint density at radius 2 is 1.86 bits per heavy atom. The molecule has 1 atom stereocenters. The van der Waals surface area contributed by atoms with Crippen LogP contribution in [0, 0.1) is 11.3 Å². The van der Waals surface area contributed by atoms with Crippen molar-refractivity contribution in [3.8, 4) is 6.07 Å². The van der Waals surface area contributed by atoms with E-state index >= 15 is 0 Å². The van der Waals surface area contributed by atoms with Crippen LogP contribution in [0.15, 0.2) is 76.5 Å². The average molecular weight is 409 g/mol. The van der Waals surface area contributed by atoms with E-state index < -0.39 is 5.92 Å². The van der Waals surface area contributed by atoms with Gasteiger partial charge in [-0.25, -0.2) is 0 Å². The van der Waals surface area contributed by atoms with Crippen LogP contribution in [0.5, 0.6) is 0 Å². The lowest BCUT2D eigenvalue weighted by atomic mass is 9.79. The Labute approximate surface area is 175 Å². The van der Waals surface area contributed by atoms with Gasteiger partial charge in [0.05, 0.1) is 22.6 Å². The van der Waals surface area contributed by atoms with E-state index in [1.54, 1.807) is 30.0 Å². The number of dihydropyridines is 1. The van der Waals surface area contributed by atoms with Crippen molar-refractivity contribution in [1.29, 1.82) is 5.26 Å². The third-order valence-electron chi connectivity index (χ3n) is 4.59. The van der Waals surface area contributed by atoms with Gasteiger partial charge in [0.25, 0.3) is 0 Å². The molecular formula is C23H21ClN2OS. The predicted molar refractivity (Wildman–Crippen MR) is 116 cm³/mol. The third kappa shape index (κ3) is 4.01. The number of nitriles is 1. The smallest absolute Gasteiger partial charge is 0.191 e. The van der Waals surface area contributed by atoms with E-state index in [1.165, 1.54) is 0 Å². The molecule has 1 unspecified atom stereocenters. The molecule has 0 radical (unpaired) electrons.